The molecule has 9 heteroatoms. The van der Waals surface area contributed by atoms with Gasteiger partial charge in [0.15, 0.2) is 5.13 Å². The second-order valence-corrected chi connectivity index (χ2v) is 10.7. The lowest BCUT2D eigenvalue weighted by molar-refractivity contribution is -0.120. The van der Waals surface area contributed by atoms with E-state index in [-0.39, 0.29) is 5.91 Å². The number of thiazole rings is 1. The lowest BCUT2D eigenvalue weighted by atomic mass is 10.0. The Labute approximate surface area is 186 Å². The summed E-state index contributed by atoms with van der Waals surface area (Å²) < 4.78 is 27.6. The highest BCUT2D eigenvalue weighted by atomic mass is 32.2. The molecule has 0 bridgehead atoms. The van der Waals surface area contributed by atoms with Crippen LogP contribution in [0.1, 0.15) is 30.7 Å². The van der Waals surface area contributed by atoms with Crippen LogP contribution >= 0.6 is 11.3 Å². The molecule has 0 spiro atoms. The fourth-order valence-electron chi connectivity index (χ4n) is 4.20. The van der Waals surface area contributed by atoms with Crippen molar-refractivity contribution in [2.75, 3.05) is 18.1 Å². The summed E-state index contributed by atoms with van der Waals surface area (Å²) >= 11 is 1.34. The number of piperidine rings is 1. The van der Waals surface area contributed by atoms with Crippen molar-refractivity contribution >= 4 is 32.4 Å². The maximum Gasteiger partial charge on any atom is 0.244 e. The largest absolute Gasteiger partial charge is 0.318 e. The molecule has 4 rings (SSSR count). The molecule has 1 saturated heterocycles. The van der Waals surface area contributed by atoms with E-state index >= 15 is 0 Å². The van der Waals surface area contributed by atoms with Crippen LogP contribution in [-0.2, 0) is 14.8 Å². The zero-order valence-corrected chi connectivity index (χ0v) is 19.5. The number of anilines is 1. The van der Waals surface area contributed by atoms with Crippen molar-refractivity contribution in [2.45, 2.75) is 39.2 Å². The quantitative estimate of drug-likeness (QED) is 0.627. The minimum Gasteiger partial charge on any atom is -0.318 e. The number of carbonyl (C=O) groups is 1. The van der Waals surface area contributed by atoms with Gasteiger partial charge < -0.3 is 9.88 Å². The van der Waals surface area contributed by atoms with Gasteiger partial charge in [-0.05, 0) is 44.9 Å². The first kappa shape index (κ1) is 21.7. The average molecular weight is 459 g/mol. The average Bonchev–Trinajstić information content (AvgIpc) is 3.31. The number of aromatic nitrogens is 2. The molecule has 1 N–H and O–H groups in total. The van der Waals surface area contributed by atoms with E-state index in [1.165, 1.54) is 15.6 Å². The van der Waals surface area contributed by atoms with Crippen LogP contribution in [0.4, 0.5) is 5.13 Å². The number of benzene rings is 1. The highest BCUT2D eigenvalue weighted by Gasteiger charge is 2.34. The maximum atomic E-state index is 12.8. The zero-order valence-electron chi connectivity index (χ0n) is 17.8. The molecule has 2 aromatic heterocycles. The Morgan fingerprint density at radius 1 is 1.19 bits per heavy atom. The lowest BCUT2D eigenvalue weighted by Crippen LogP contribution is -2.49. The third kappa shape index (κ3) is 4.44. The van der Waals surface area contributed by atoms with Gasteiger partial charge in [-0.15, -0.1) is 11.3 Å². The number of sulfonamides is 1. The van der Waals surface area contributed by atoms with E-state index in [1.807, 2.05) is 23.6 Å². The van der Waals surface area contributed by atoms with Crippen molar-refractivity contribution in [1.82, 2.24) is 13.9 Å². The predicted molar refractivity (Wildman–Crippen MR) is 124 cm³/mol. The number of nitrogens with one attached hydrogen (secondary N) is 1. The smallest absolute Gasteiger partial charge is 0.244 e. The second-order valence-electron chi connectivity index (χ2n) is 7.87. The Balaban J connectivity index is 1.56. The second kappa shape index (κ2) is 8.57. The Hall–Kier alpha value is -2.49. The van der Waals surface area contributed by atoms with Gasteiger partial charge in [0, 0.05) is 34.6 Å². The highest BCUT2D eigenvalue weighted by molar-refractivity contribution is 7.88. The van der Waals surface area contributed by atoms with E-state index in [0.29, 0.717) is 18.1 Å². The van der Waals surface area contributed by atoms with Gasteiger partial charge in [0.1, 0.15) is 6.04 Å². The van der Waals surface area contributed by atoms with Crippen LogP contribution in [0.15, 0.2) is 41.8 Å². The molecule has 1 amide bonds. The van der Waals surface area contributed by atoms with Crippen molar-refractivity contribution in [1.29, 1.82) is 0 Å². The minimum atomic E-state index is -3.43. The molecule has 1 fully saturated rings. The fourth-order valence-corrected chi connectivity index (χ4v) is 6.04. The lowest BCUT2D eigenvalue weighted by Gasteiger charge is -2.32. The maximum absolute atomic E-state index is 12.8. The number of para-hydroxylation sites is 1. The molecule has 3 aromatic rings. The summed E-state index contributed by atoms with van der Waals surface area (Å²) in [6.45, 7) is 4.49. The van der Waals surface area contributed by atoms with Crippen LogP contribution in [0, 0.1) is 13.8 Å². The van der Waals surface area contributed by atoms with Crippen molar-refractivity contribution < 1.29 is 13.2 Å². The van der Waals surface area contributed by atoms with Crippen LogP contribution in [0.3, 0.4) is 0 Å². The number of hydrogen-bond donors (Lipinski definition) is 1. The first-order valence-electron chi connectivity index (χ1n) is 10.2. The molecule has 1 aromatic carbocycles. The summed E-state index contributed by atoms with van der Waals surface area (Å²) in [6.07, 6.45) is 3.28. The molecule has 1 aliphatic rings. The monoisotopic (exact) mass is 458 g/mol. The van der Waals surface area contributed by atoms with Crippen LogP contribution < -0.4 is 5.32 Å². The molecule has 3 heterocycles. The van der Waals surface area contributed by atoms with Crippen molar-refractivity contribution in [2.24, 2.45) is 0 Å². The van der Waals surface area contributed by atoms with Gasteiger partial charge in [-0.25, -0.2) is 13.4 Å². The van der Waals surface area contributed by atoms with E-state index in [9.17, 15) is 13.2 Å². The van der Waals surface area contributed by atoms with Gasteiger partial charge in [-0.1, -0.05) is 24.6 Å². The standard InChI is InChI=1S/C22H26N4O3S2/c1-15-13-18(16(2)26(15)17-9-5-4-6-10-17)19-14-30-22(23-19)24-21(27)20-11-7-8-12-25(20)31(3,28)29/h4-6,9-10,13-14,20H,7-8,11-12H2,1-3H3,(H,23,24,27). The number of hydrogen-bond acceptors (Lipinski definition) is 5. The topological polar surface area (TPSA) is 84.3 Å². The normalized spacial score (nSPS) is 17.6. The van der Waals surface area contributed by atoms with Crippen LogP contribution in [0.2, 0.25) is 0 Å². The molecule has 1 unspecified atom stereocenters. The summed E-state index contributed by atoms with van der Waals surface area (Å²) in [6, 6.07) is 11.5. The first-order chi connectivity index (χ1) is 14.8. The SMILES string of the molecule is Cc1cc(-c2csc(NC(=O)C3CCCCN3S(C)(=O)=O)n2)c(C)n1-c1ccccc1. The third-order valence-corrected chi connectivity index (χ3v) is 7.68. The Bertz CT molecular complexity index is 1200. The van der Waals surface area contributed by atoms with Crippen LogP contribution in [0.5, 0.6) is 0 Å². The number of amides is 1. The van der Waals surface area contributed by atoms with Crippen molar-refractivity contribution in [3.8, 4) is 16.9 Å². The Kier molecular flexibility index (Phi) is 6.00. The summed E-state index contributed by atoms with van der Waals surface area (Å²) in [5.41, 5.74) is 5.06. The van der Waals surface area contributed by atoms with Gasteiger partial charge in [-0.3, -0.25) is 4.79 Å². The van der Waals surface area contributed by atoms with E-state index in [4.69, 9.17) is 0 Å². The molecule has 31 heavy (non-hydrogen) atoms. The number of nitrogens with zero attached hydrogens (tertiary/aromatic N) is 3. The molecule has 0 aliphatic carbocycles. The number of carbonyl (C=O) groups excluding carboxylic acids is 1. The Morgan fingerprint density at radius 3 is 2.65 bits per heavy atom. The Morgan fingerprint density at radius 2 is 1.94 bits per heavy atom. The predicted octanol–water partition coefficient (Wildman–Crippen LogP) is 3.97. The molecule has 1 atom stereocenters. The molecular weight excluding hydrogens is 432 g/mol. The van der Waals surface area contributed by atoms with Crippen molar-refractivity contribution in [3.63, 3.8) is 0 Å². The van der Waals surface area contributed by atoms with Crippen molar-refractivity contribution in [3.05, 3.63) is 53.2 Å². The fraction of sp³-hybridized carbons (Fsp3) is 0.364. The zero-order chi connectivity index (χ0) is 22.2. The van der Waals surface area contributed by atoms with E-state index in [1.54, 1.807) is 0 Å². The van der Waals surface area contributed by atoms with Crippen LogP contribution in [0.25, 0.3) is 16.9 Å². The molecular formula is C22H26N4O3S2. The highest BCUT2D eigenvalue weighted by Crippen LogP contribution is 2.32. The molecule has 7 nitrogen and oxygen atoms in total. The molecule has 1 aliphatic heterocycles. The third-order valence-electron chi connectivity index (χ3n) is 5.64. The molecule has 164 valence electrons. The van der Waals surface area contributed by atoms with E-state index in [2.05, 4.69) is 46.9 Å². The van der Waals surface area contributed by atoms with E-state index in [0.717, 1.165) is 47.4 Å². The summed E-state index contributed by atoms with van der Waals surface area (Å²) in [5.74, 6) is -0.319. The van der Waals surface area contributed by atoms with E-state index < -0.39 is 16.1 Å². The van der Waals surface area contributed by atoms with Gasteiger partial charge in [-0.2, -0.15) is 4.31 Å². The number of rotatable bonds is 5. The molecule has 0 saturated carbocycles. The summed E-state index contributed by atoms with van der Waals surface area (Å²) in [5, 5.41) is 5.23. The summed E-state index contributed by atoms with van der Waals surface area (Å²) in [4.78, 5) is 17.4. The molecule has 0 radical (unpaired) electrons. The van der Waals surface area contributed by atoms with Crippen LogP contribution in [-0.4, -0.2) is 47.0 Å². The summed E-state index contributed by atoms with van der Waals surface area (Å²) in [7, 11) is -3.43. The van der Waals surface area contributed by atoms with Gasteiger partial charge in [0.05, 0.1) is 11.9 Å². The van der Waals surface area contributed by atoms with Gasteiger partial charge >= 0.3 is 0 Å². The minimum absolute atomic E-state index is 0.319. The number of aryl methyl sites for hydroxylation is 1. The van der Waals surface area contributed by atoms with Gasteiger partial charge in [0.25, 0.3) is 0 Å². The van der Waals surface area contributed by atoms with Gasteiger partial charge in [0.2, 0.25) is 15.9 Å². The first-order valence-corrected chi connectivity index (χ1v) is 13.0.